The Labute approximate surface area is 179 Å². The number of primary amides is 1. The SMILES string of the molecule is COc1cc([C@H]2c3cc4c(cc3O[C@@H](NNC(N)=O)[C@@H]2C)OCO4)cc(OC)c1OC. The van der Waals surface area contributed by atoms with Crippen LogP contribution in [0.4, 0.5) is 4.79 Å². The number of carbonyl (C=O) groups excluding carboxylic acids is 1. The van der Waals surface area contributed by atoms with Gasteiger partial charge in [0.1, 0.15) is 5.75 Å². The molecule has 0 saturated heterocycles. The van der Waals surface area contributed by atoms with E-state index in [0.29, 0.717) is 34.5 Å². The van der Waals surface area contributed by atoms with E-state index in [4.69, 9.17) is 34.2 Å². The van der Waals surface area contributed by atoms with Gasteiger partial charge in [-0.3, -0.25) is 5.43 Å². The standard InChI is InChI=1S/C21H25N3O7/c1-10-18(11-5-16(26-2)19(28-4)17(6-11)27-3)12-7-14-15(30-9-29-14)8-13(12)31-20(10)23-24-21(22)25/h5-8,10,18,20,23H,9H2,1-4H3,(H3,22,24,25)/t10-,18+,20-/m1/s1. The van der Waals surface area contributed by atoms with E-state index in [1.807, 2.05) is 25.1 Å². The van der Waals surface area contributed by atoms with Gasteiger partial charge in [0, 0.05) is 23.5 Å². The van der Waals surface area contributed by atoms with Crippen molar-refractivity contribution >= 4 is 6.03 Å². The molecular formula is C21H25N3O7. The van der Waals surface area contributed by atoms with Crippen molar-refractivity contribution in [1.82, 2.24) is 10.9 Å². The van der Waals surface area contributed by atoms with Crippen LogP contribution in [0.25, 0.3) is 0 Å². The maximum atomic E-state index is 11.2. The summed E-state index contributed by atoms with van der Waals surface area (Å²) in [5, 5.41) is 0. The second-order valence-corrected chi connectivity index (χ2v) is 7.21. The molecule has 31 heavy (non-hydrogen) atoms. The van der Waals surface area contributed by atoms with Gasteiger partial charge in [0.15, 0.2) is 29.2 Å². The van der Waals surface area contributed by atoms with Gasteiger partial charge in [0.25, 0.3) is 0 Å². The fourth-order valence-electron chi connectivity index (χ4n) is 4.05. The van der Waals surface area contributed by atoms with Gasteiger partial charge in [0.05, 0.1) is 21.3 Å². The Morgan fingerprint density at radius 1 is 1.00 bits per heavy atom. The predicted octanol–water partition coefficient (Wildman–Crippen LogP) is 2.10. The highest BCUT2D eigenvalue weighted by Gasteiger charge is 2.39. The van der Waals surface area contributed by atoms with E-state index in [1.54, 1.807) is 27.4 Å². The van der Waals surface area contributed by atoms with E-state index in [2.05, 4.69) is 10.9 Å². The van der Waals surface area contributed by atoms with Crippen LogP contribution in [0.3, 0.4) is 0 Å². The molecule has 2 aliphatic rings. The molecule has 166 valence electrons. The Morgan fingerprint density at radius 3 is 2.23 bits per heavy atom. The highest BCUT2D eigenvalue weighted by molar-refractivity contribution is 5.71. The molecule has 0 aliphatic carbocycles. The number of rotatable bonds is 6. The number of nitrogens with two attached hydrogens (primary N) is 1. The van der Waals surface area contributed by atoms with Gasteiger partial charge in [-0.15, -0.1) is 0 Å². The maximum Gasteiger partial charge on any atom is 0.326 e. The zero-order valence-corrected chi connectivity index (χ0v) is 17.7. The van der Waals surface area contributed by atoms with E-state index >= 15 is 0 Å². The third-order valence-electron chi connectivity index (χ3n) is 5.48. The smallest absolute Gasteiger partial charge is 0.326 e. The zero-order valence-electron chi connectivity index (χ0n) is 17.7. The quantitative estimate of drug-likeness (QED) is 0.595. The Balaban J connectivity index is 1.84. The Hall–Kier alpha value is -3.53. The third-order valence-corrected chi connectivity index (χ3v) is 5.48. The van der Waals surface area contributed by atoms with Crippen LogP contribution >= 0.6 is 0 Å². The maximum absolute atomic E-state index is 11.2. The summed E-state index contributed by atoms with van der Waals surface area (Å²) >= 11 is 0. The van der Waals surface area contributed by atoms with Crippen molar-refractivity contribution in [2.45, 2.75) is 19.1 Å². The lowest BCUT2D eigenvalue weighted by atomic mass is 9.78. The fraction of sp³-hybridized carbons (Fsp3) is 0.381. The summed E-state index contributed by atoms with van der Waals surface area (Å²) in [7, 11) is 4.70. The van der Waals surface area contributed by atoms with Crippen LogP contribution in [0.5, 0.6) is 34.5 Å². The van der Waals surface area contributed by atoms with Crippen LogP contribution < -0.4 is 45.0 Å². The van der Waals surface area contributed by atoms with Gasteiger partial charge < -0.3 is 34.2 Å². The van der Waals surface area contributed by atoms with Crippen molar-refractivity contribution in [2.24, 2.45) is 11.7 Å². The molecule has 0 saturated carbocycles. The number of fused-ring (bicyclic) bond motifs is 2. The number of nitrogens with one attached hydrogen (secondary N) is 2. The predicted molar refractivity (Wildman–Crippen MR) is 110 cm³/mol. The highest BCUT2D eigenvalue weighted by Crippen LogP contribution is 2.51. The Morgan fingerprint density at radius 2 is 1.65 bits per heavy atom. The van der Waals surface area contributed by atoms with Crippen LogP contribution in [0, 0.1) is 5.92 Å². The van der Waals surface area contributed by atoms with Crippen molar-refractivity contribution in [2.75, 3.05) is 28.1 Å². The lowest BCUT2D eigenvalue weighted by molar-refractivity contribution is 0.0691. The second kappa shape index (κ2) is 8.31. The van der Waals surface area contributed by atoms with E-state index in [-0.39, 0.29) is 18.6 Å². The van der Waals surface area contributed by atoms with Gasteiger partial charge in [-0.05, 0) is 23.8 Å². The summed E-state index contributed by atoms with van der Waals surface area (Å²) in [4.78, 5) is 11.2. The summed E-state index contributed by atoms with van der Waals surface area (Å²) < 4.78 is 33.8. The van der Waals surface area contributed by atoms with Crippen LogP contribution in [0.1, 0.15) is 24.0 Å². The average Bonchev–Trinajstić information content (AvgIpc) is 3.22. The third kappa shape index (κ3) is 3.70. The number of carbonyl (C=O) groups is 1. The first-order valence-electron chi connectivity index (χ1n) is 9.67. The number of benzene rings is 2. The number of hydrogen-bond donors (Lipinski definition) is 3. The minimum atomic E-state index is -0.711. The number of amides is 2. The van der Waals surface area contributed by atoms with Crippen molar-refractivity contribution in [3.8, 4) is 34.5 Å². The first-order chi connectivity index (χ1) is 15.0. The average molecular weight is 431 g/mol. The van der Waals surface area contributed by atoms with Crippen LogP contribution in [0.15, 0.2) is 24.3 Å². The fourth-order valence-corrected chi connectivity index (χ4v) is 4.05. The number of urea groups is 1. The normalized spacial score (nSPS) is 21.0. The van der Waals surface area contributed by atoms with Crippen molar-refractivity contribution in [3.63, 3.8) is 0 Å². The van der Waals surface area contributed by atoms with Crippen molar-refractivity contribution in [1.29, 1.82) is 0 Å². The van der Waals surface area contributed by atoms with Crippen molar-refractivity contribution < 1.29 is 33.2 Å². The monoisotopic (exact) mass is 431 g/mol. The zero-order chi connectivity index (χ0) is 22.1. The molecule has 4 N–H and O–H groups in total. The molecule has 0 unspecified atom stereocenters. The summed E-state index contributed by atoms with van der Waals surface area (Å²) in [5.41, 5.74) is 12.3. The van der Waals surface area contributed by atoms with Gasteiger partial charge in [-0.25, -0.2) is 4.79 Å². The van der Waals surface area contributed by atoms with Crippen LogP contribution in [-0.4, -0.2) is 40.4 Å². The molecule has 0 radical (unpaired) electrons. The molecule has 4 rings (SSSR count). The highest BCUT2D eigenvalue weighted by atomic mass is 16.7. The molecule has 3 atom stereocenters. The summed E-state index contributed by atoms with van der Waals surface area (Å²) in [6.45, 7) is 2.15. The second-order valence-electron chi connectivity index (χ2n) is 7.21. The minimum Gasteiger partial charge on any atom is -0.493 e. The molecular weight excluding hydrogens is 406 g/mol. The largest absolute Gasteiger partial charge is 0.493 e. The summed E-state index contributed by atoms with van der Waals surface area (Å²) in [6.07, 6.45) is -0.565. The molecule has 10 nitrogen and oxygen atoms in total. The molecule has 2 aromatic rings. The first kappa shape index (κ1) is 20.7. The molecule has 0 bridgehead atoms. The topological polar surface area (TPSA) is 123 Å². The minimum absolute atomic E-state index is 0.137. The van der Waals surface area contributed by atoms with E-state index < -0.39 is 12.3 Å². The van der Waals surface area contributed by atoms with Gasteiger partial charge in [0.2, 0.25) is 12.5 Å². The van der Waals surface area contributed by atoms with Crippen molar-refractivity contribution in [3.05, 3.63) is 35.4 Å². The van der Waals surface area contributed by atoms with E-state index in [1.165, 1.54) is 0 Å². The molecule has 2 amide bonds. The first-order valence-corrected chi connectivity index (χ1v) is 9.67. The van der Waals surface area contributed by atoms with Crippen LogP contribution in [0.2, 0.25) is 0 Å². The number of hydrogen-bond acceptors (Lipinski definition) is 8. The molecule has 2 heterocycles. The Bertz CT molecular complexity index is 972. The molecule has 0 fully saturated rings. The number of ether oxygens (including phenoxy) is 6. The molecule has 10 heteroatoms. The summed E-state index contributed by atoms with van der Waals surface area (Å²) in [6, 6.07) is 6.80. The van der Waals surface area contributed by atoms with E-state index in [9.17, 15) is 4.79 Å². The lowest BCUT2D eigenvalue weighted by Crippen LogP contribution is -2.54. The molecule has 2 aromatic carbocycles. The molecule has 2 aliphatic heterocycles. The Kier molecular flexibility index (Phi) is 5.55. The number of hydrazine groups is 1. The van der Waals surface area contributed by atoms with Crippen LogP contribution in [-0.2, 0) is 0 Å². The summed E-state index contributed by atoms with van der Waals surface area (Å²) in [5.74, 6) is 3.12. The van der Waals surface area contributed by atoms with Gasteiger partial charge in [-0.2, -0.15) is 5.43 Å². The number of methoxy groups -OCH3 is 3. The van der Waals surface area contributed by atoms with Gasteiger partial charge >= 0.3 is 6.03 Å². The molecule has 0 spiro atoms. The lowest BCUT2D eigenvalue weighted by Gasteiger charge is -2.38. The van der Waals surface area contributed by atoms with Gasteiger partial charge in [-0.1, -0.05) is 6.92 Å². The van der Waals surface area contributed by atoms with E-state index in [0.717, 1.165) is 11.1 Å². The molecule has 0 aromatic heterocycles.